The molecule has 0 fully saturated rings. The number of hydrogen-bond acceptors (Lipinski definition) is 4. The predicted octanol–water partition coefficient (Wildman–Crippen LogP) is 6.44. The first-order valence-electron chi connectivity index (χ1n) is 12.1. The summed E-state index contributed by atoms with van der Waals surface area (Å²) in [4.78, 5) is 26.0. The Bertz CT molecular complexity index is 1340. The maximum absolute atomic E-state index is 13.2. The molecule has 4 aromatic rings. The smallest absolute Gasteiger partial charge is 0.225 e. The molecular weight excluding hydrogens is 549 g/mol. The third kappa shape index (κ3) is 8.64. The normalized spacial score (nSPS) is 11.5. The standard InChI is InChI=1S/C31H27BrFNO4/c32-25-8-4-7-24(17-25)19-31(36)34-29(21-37-20-23-5-2-1-3-6-23)30(35)18-22-9-13-27(14-10-22)38-28-15-11-26(33)12-16-28/h1-17,29H,18-21H2,(H,34,36)/t29-/m0/s1. The molecule has 0 spiro atoms. The molecule has 194 valence electrons. The van der Waals surface area contributed by atoms with Gasteiger partial charge in [0.15, 0.2) is 5.78 Å². The van der Waals surface area contributed by atoms with Crippen LogP contribution < -0.4 is 10.1 Å². The van der Waals surface area contributed by atoms with Crippen molar-refractivity contribution in [3.8, 4) is 11.5 Å². The van der Waals surface area contributed by atoms with Gasteiger partial charge >= 0.3 is 0 Å². The van der Waals surface area contributed by atoms with Crippen LogP contribution in [0, 0.1) is 5.82 Å². The first-order valence-corrected chi connectivity index (χ1v) is 12.9. The zero-order valence-corrected chi connectivity index (χ0v) is 22.2. The summed E-state index contributed by atoms with van der Waals surface area (Å²) in [6.07, 6.45) is 0.269. The molecule has 0 aromatic heterocycles. The quantitative estimate of drug-likeness (QED) is 0.211. The van der Waals surface area contributed by atoms with E-state index in [1.807, 2.05) is 54.6 Å². The first-order chi connectivity index (χ1) is 18.4. The van der Waals surface area contributed by atoms with E-state index < -0.39 is 6.04 Å². The van der Waals surface area contributed by atoms with Gasteiger partial charge in [-0.05, 0) is 65.2 Å². The molecule has 0 heterocycles. The number of amides is 1. The van der Waals surface area contributed by atoms with E-state index in [1.165, 1.54) is 12.1 Å². The molecule has 5 nitrogen and oxygen atoms in total. The van der Waals surface area contributed by atoms with E-state index in [-0.39, 0.29) is 37.0 Å². The summed E-state index contributed by atoms with van der Waals surface area (Å²) in [5, 5.41) is 2.86. The van der Waals surface area contributed by atoms with Gasteiger partial charge in [0.25, 0.3) is 0 Å². The fraction of sp³-hybridized carbons (Fsp3) is 0.161. The number of Topliss-reactive ketones (excluding diaryl/α,β-unsaturated/α-hetero) is 1. The summed E-state index contributed by atoms with van der Waals surface area (Å²) in [5.41, 5.74) is 2.59. The van der Waals surface area contributed by atoms with Crippen molar-refractivity contribution in [2.75, 3.05) is 6.61 Å². The van der Waals surface area contributed by atoms with E-state index in [9.17, 15) is 14.0 Å². The van der Waals surface area contributed by atoms with E-state index in [4.69, 9.17) is 9.47 Å². The van der Waals surface area contributed by atoms with Gasteiger partial charge < -0.3 is 14.8 Å². The number of carbonyl (C=O) groups excluding carboxylic acids is 2. The lowest BCUT2D eigenvalue weighted by molar-refractivity contribution is -0.128. The average molecular weight is 576 g/mol. The summed E-state index contributed by atoms with van der Waals surface area (Å²) in [5.74, 6) is 0.329. The Balaban J connectivity index is 1.38. The van der Waals surface area contributed by atoms with E-state index in [2.05, 4.69) is 21.2 Å². The van der Waals surface area contributed by atoms with Crippen LogP contribution in [-0.2, 0) is 33.8 Å². The van der Waals surface area contributed by atoms with Crippen molar-refractivity contribution >= 4 is 27.6 Å². The number of hydrogen-bond donors (Lipinski definition) is 1. The summed E-state index contributed by atoms with van der Waals surface area (Å²) in [6.45, 7) is 0.394. The molecule has 0 saturated heterocycles. The molecular formula is C31H27BrFNO4. The van der Waals surface area contributed by atoms with Gasteiger partial charge in [-0.15, -0.1) is 0 Å². The van der Waals surface area contributed by atoms with Crippen LogP contribution in [0.15, 0.2) is 108 Å². The molecule has 0 radical (unpaired) electrons. The van der Waals surface area contributed by atoms with Crippen molar-refractivity contribution in [2.45, 2.75) is 25.5 Å². The molecule has 0 bridgehead atoms. The molecule has 1 atom stereocenters. The topological polar surface area (TPSA) is 64.6 Å². The van der Waals surface area contributed by atoms with Gasteiger partial charge in [0.1, 0.15) is 23.4 Å². The van der Waals surface area contributed by atoms with Gasteiger partial charge in [-0.1, -0.05) is 70.5 Å². The van der Waals surface area contributed by atoms with Crippen LogP contribution in [-0.4, -0.2) is 24.3 Å². The lowest BCUT2D eigenvalue weighted by Gasteiger charge is -2.18. The summed E-state index contributed by atoms with van der Waals surface area (Å²) < 4.78 is 25.5. The lowest BCUT2D eigenvalue weighted by Crippen LogP contribution is -2.45. The van der Waals surface area contributed by atoms with Crippen molar-refractivity contribution in [1.82, 2.24) is 5.32 Å². The van der Waals surface area contributed by atoms with Crippen molar-refractivity contribution < 1.29 is 23.5 Å². The zero-order chi connectivity index (χ0) is 26.7. The lowest BCUT2D eigenvalue weighted by atomic mass is 10.0. The molecule has 4 rings (SSSR count). The van der Waals surface area contributed by atoms with Gasteiger partial charge in [0, 0.05) is 10.9 Å². The Morgan fingerprint density at radius 2 is 1.42 bits per heavy atom. The molecule has 0 aliphatic rings. The van der Waals surface area contributed by atoms with Crippen molar-refractivity contribution in [1.29, 1.82) is 0 Å². The Morgan fingerprint density at radius 1 is 0.763 bits per heavy atom. The minimum atomic E-state index is -0.798. The number of ketones is 1. The Labute approximate surface area is 229 Å². The zero-order valence-electron chi connectivity index (χ0n) is 20.6. The van der Waals surface area contributed by atoms with E-state index >= 15 is 0 Å². The van der Waals surface area contributed by atoms with Gasteiger partial charge in [-0.2, -0.15) is 0 Å². The largest absolute Gasteiger partial charge is 0.457 e. The van der Waals surface area contributed by atoms with Crippen LogP contribution in [0.4, 0.5) is 4.39 Å². The molecule has 1 N–H and O–H groups in total. The number of halogens is 2. The molecule has 0 unspecified atom stereocenters. The third-order valence-corrected chi connectivity index (χ3v) is 6.22. The molecule has 7 heteroatoms. The van der Waals surface area contributed by atoms with Crippen LogP contribution in [0.25, 0.3) is 0 Å². The highest BCUT2D eigenvalue weighted by Crippen LogP contribution is 2.22. The second kappa shape index (κ2) is 13.7. The van der Waals surface area contributed by atoms with Gasteiger partial charge in [-0.25, -0.2) is 4.39 Å². The summed E-state index contributed by atoms with van der Waals surface area (Å²) >= 11 is 3.42. The average Bonchev–Trinajstić information content (AvgIpc) is 2.91. The maximum atomic E-state index is 13.2. The predicted molar refractivity (Wildman–Crippen MR) is 148 cm³/mol. The van der Waals surface area contributed by atoms with E-state index in [0.29, 0.717) is 18.1 Å². The highest BCUT2D eigenvalue weighted by atomic mass is 79.9. The van der Waals surface area contributed by atoms with Gasteiger partial charge in [-0.3, -0.25) is 9.59 Å². The Kier molecular flexibility index (Phi) is 9.78. The Hall–Kier alpha value is -3.81. The molecule has 1 amide bonds. The van der Waals surface area contributed by atoms with Crippen molar-refractivity contribution in [2.24, 2.45) is 0 Å². The number of rotatable bonds is 12. The highest BCUT2D eigenvalue weighted by molar-refractivity contribution is 9.10. The van der Waals surface area contributed by atoms with Crippen LogP contribution in [0.2, 0.25) is 0 Å². The first kappa shape index (κ1) is 27.2. The van der Waals surface area contributed by atoms with Crippen LogP contribution in [0.5, 0.6) is 11.5 Å². The number of nitrogens with one attached hydrogen (secondary N) is 1. The second-order valence-electron chi connectivity index (χ2n) is 8.77. The molecule has 38 heavy (non-hydrogen) atoms. The number of carbonyl (C=O) groups is 2. The monoisotopic (exact) mass is 575 g/mol. The third-order valence-electron chi connectivity index (χ3n) is 5.72. The minimum Gasteiger partial charge on any atom is -0.457 e. The summed E-state index contributed by atoms with van der Waals surface area (Å²) in [6, 6.07) is 29.2. The van der Waals surface area contributed by atoms with E-state index in [0.717, 1.165) is 21.2 Å². The molecule has 0 aliphatic heterocycles. The minimum absolute atomic E-state index is 0.0592. The Morgan fingerprint density at radius 3 is 2.11 bits per heavy atom. The molecule has 0 aliphatic carbocycles. The second-order valence-corrected chi connectivity index (χ2v) is 9.69. The summed E-state index contributed by atoms with van der Waals surface area (Å²) in [7, 11) is 0. The number of ether oxygens (including phenoxy) is 2. The maximum Gasteiger partial charge on any atom is 0.225 e. The highest BCUT2D eigenvalue weighted by Gasteiger charge is 2.22. The van der Waals surface area contributed by atoms with Crippen molar-refractivity contribution in [3.05, 3.63) is 130 Å². The molecule has 4 aromatic carbocycles. The van der Waals surface area contributed by atoms with Gasteiger partial charge in [0.2, 0.25) is 5.91 Å². The SMILES string of the molecule is O=C(Cc1cccc(Br)c1)N[C@@H](COCc1ccccc1)C(=O)Cc1ccc(Oc2ccc(F)cc2)cc1. The van der Waals surface area contributed by atoms with Crippen LogP contribution >= 0.6 is 15.9 Å². The van der Waals surface area contributed by atoms with Crippen molar-refractivity contribution in [3.63, 3.8) is 0 Å². The number of benzene rings is 4. The van der Waals surface area contributed by atoms with E-state index in [1.54, 1.807) is 36.4 Å². The fourth-order valence-electron chi connectivity index (χ4n) is 3.80. The van der Waals surface area contributed by atoms with Crippen LogP contribution in [0.3, 0.4) is 0 Å². The van der Waals surface area contributed by atoms with Crippen LogP contribution in [0.1, 0.15) is 16.7 Å². The van der Waals surface area contributed by atoms with Gasteiger partial charge in [0.05, 0.1) is 19.6 Å². The molecule has 0 saturated carbocycles. The fourth-order valence-corrected chi connectivity index (χ4v) is 4.25.